The summed E-state index contributed by atoms with van der Waals surface area (Å²) < 4.78 is 36.8. The van der Waals surface area contributed by atoms with Gasteiger partial charge < -0.3 is 5.11 Å². The number of carbonyl (C=O) groups is 1. The lowest BCUT2D eigenvalue weighted by atomic mass is 9.92. The summed E-state index contributed by atoms with van der Waals surface area (Å²) >= 11 is 0. The lowest BCUT2D eigenvalue weighted by Crippen LogP contribution is -2.27. The molecule has 13 heavy (non-hydrogen) atoms. The minimum absolute atomic E-state index is 0.0848. The fourth-order valence-corrected chi connectivity index (χ4v) is 1.94. The lowest BCUT2D eigenvalue weighted by Gasteiger charge is -2.20. The van der Waals surface area contributed by atoms with Crippen molar-refractivity contribution in [3.8, 4) is 0 Å². The summed E-state index contributed by atoms with van der Waals surface area (Å²) in [5, 5.41) is 8.39. The second-order valence-electron chi connectivity index (χ2n) is 3.44. The number of hydrogen-bond acceptors (Lipinski definition) is 1. The molecule has 0 bridgehead atoms. The maximum absolute atomic E-state index is 12.3. The first kappa shape index (κ1) is 10.3. The van der Waals surface area contributed by atoms with Crippen LogP contribution in [0.15, 0.2) is 0 Å². The van der Waals surface area contributed by atoms with Gasteiger partial charge in [-0.05, 0) is 18.8 Å². The fourth-order valence-electron chi connectivity index (χ4n) is 1.94. The Balaban J connectivity index is 2.59. The quantitative estimate of drug-likeness (QED) is 0.736. The predicted molar refractivity (Wildman–Crippen MR) is 39.1 cm³/mol. The van der Waals surface area contributed by atoms with Crippen LogP contribution in [0.25, 0.3) is 0 Å². The standard InChI is InChI=1S/C8H11F3O2/c9-8(10,11)6-3-1-2-5(6)4-7(12)13/h5-6H,1-4H2,(H,12,13). The van der Waals surface area contributed by atoms with E-state index < -0.39 is 24.0 Å². The molecule has 1 rings (SSSR count). The molecule has 1 aliphatic carbocycles. The summed E-state index contributed by atoms with van der Waals surface area (Å²) in [6, 6.07) is 0. The Kier molecular flexibility index (Phi) is 2.83. The van der Waals surface area contributed by atoms with E-state index in [1.807, 2.05) is 0 Å². The summed E-state index contributed by atoms with van der Waals surface area (Å²) in [7, 11) is 0. The van der Waals surface area contributed by atoms with E-state index in [0.717, 1.165) is 0 Å². The number of carboxylic acid groups (broad SMARTS) is 1. The predicted octanol–water partition coefficient (Wildman–Crippen LogP) is 2.44. The highest BCUT2D eigenvalue weighted by Gasteiger charge is 2.47. The van der Waals surface area contributed by atoms with Gasteiger partial charge in [0.25, 0.3) is 0 Å². The molecule has 76 valence electrons. The van der Waals surface area contributed by atoms with Gasteiger partial charge in [0, 0.05) is 6.42 Å². The number of alkyl halides is 3. The van der Waals surface area contributed by atoms with E-state index in [0.29, 0.717) is 12.8 Å². The lowest BCUT2D eigenvalue weighted by molar-refractivity contribution is -0.185. The number of halogens is 3. The third-order valence-corrected chi connectivity index (χ3v) is 2.52. The third-order valence-electron chi connectivity index (χ3n) is 2.52. The van der Waals surface area contributed by atoms with E-state index in [4.69, 9.17) is 5.11 Å². The van der Waals surface area contributed by atoms with Crippen molar-refractivity contribution in [1.29, 1.82) is 0 Å². The Morgan fingerprint density at radius 3 is 2.46 bits per heavy atom. The van der Waals surface area contributed by atoms with Gasteiger partial charge in [0.1, 0.15) is 0 Å². The molecule has 0 heterocycles. The second kappa shape index (κ2) is 3.55. The van der Waals surface area contributed by atoms with E-state index in [2.05, 4.69) is 0 Å². The molecule has 0 aromatic rings. The smallest absolute Gasteiger partial charge is 0.392 e. The summed E-state index contributed by atoms with van der Waals surface area (Å²) in [5.74, 6) is -3.25. The molecule has 5 heteroatoms. The monoisotopic (exact) mass is 196 g/mol. The molecular formula is C8H11F3O2. The summed E-state index contributed by atoms with van der Waals surface area (Å²) in [6.45, 7) is 0. The maximum atomic E-state index is 12.3. The van der Waals surface area contributed by atoms with Crippen molar-refractivity contribution in [2.75, 3.05) is 0 Å². The van der Waals surface area contributed by atoms with Crippen LogP contribution in [0.4, 0.5) is 13.2 Å². The minimum atomic E-state index is -4.23. The molecule has 0 aromatic carbocycles. The fraction of sp³-hybridized carbons (Fsp3) is 0.875. The molecule has 0 saturated heterocycles. The molecular weight excluding hydrogens is 185 g/mol. The zero-order chi connectivity index (χ0) is 10.1. The highest BCUT2D eigenvalue weighted by molar-refractivity contribution is 5.67. The van der Waals surface area contributed by atoms with Crippen LogP contribution in [0.3, 0.4) is 0 Å². The topological polar surface area (TPSA) is 37.3 Å². The van der Waals surface area contributed by atoms with Gasteiger partial charge in [-0.1, -0.05) is 6.42 Å². The minimum Gasteiger partial charge on any atom is -0.481 e. The Hall–Kier alpha value is -0.740. The Morgan fingerprint density at radius 1 is 1.38 bits per heavy atom. The Bertz CT molecular complexity index is 200. The van der Waals surface area contributed by atoms with Crippen LogP contribution in [-0.4, -0.2) is 17.3 Å². The molecule has 0 spiro atoms. The average Bonchev–Trinajstić information content (AvgIpc) is 2.31. The number of aliphatic carboxylic acids is 1. The molecule has 1 fully saturated rings. The number of carboxylic acids is 1. The van der Waals surface area contributed by atoms with Crippen LogP contribution in [-0.2, 0) is 4.79 Å². The molecule has 0 radical (unpaired) electrons. The van der Waals surface area contributed by atoms with E-state index in [-0.39, 0.29) is 12.8 Å². The highest BCUT2D eigenvalue weighted by atomic mass is 19.4. The first-order chi connectivity index (χ1) is 5.91. The van der Waals surface area contributed by atoms with Crippen molar-refractivity contribution in [1.82, 2.24) is 0 Å². The largest absolute Gasteiger partial charge is 0.481 e. The zero-order valence-corrected chi connectivity index (χ0v) is 6.97. The van der Waals surface area contributed by atoms with Gasteiger partial charge in [0.15, 0.2) is 0 Å². The highest BCUT2D eigenvalue weighted by Crippen LogP contribution is 2.44. The summed E-state index contributed by atoms with van der Waals surface area (Å²) in [5.41, 5.74) is 0. The molecule has 2 nitrogen and oxygen atoms in total. The number of rotatable bonds is 2. The van der Waals surface area contributed by atoms with Crippen LogP contribution in [0, 0.1) is 11.8 Å². The van der Waals surface area contributed by atoms with E-state index in [1.165, 1.54) is 0 Å². The van der Waals surface area contributed by atoms with Gasteiger partial charge in [0.2, 0.25) is 0 Å². The van der Waals surface area contributed by atoms with Gasteiger partial charge in [-0.15, -0.1) is 0 Å². The first-order valence-electron chi connectivity index (χ1n) is 4.19. The summed E-state index contributed by atoms with van der Waals surface area (Å²) in [6.07, 6.45) is -3.62. The van der Waals surface area contributed by atoms with Crippen LogP contribution >= 0.6 is 0 Å². The molecule has 1 N–H and O–H groups in total. The van der Waals surface area contributed by atoms with Gasteiger partial charge in [0.05, 0.1) is 5.92 Å². The SMILES string of the molecule is O=C(O)CC1CCCC1C(F)(F)F. The van der Waals surface area contributed by atoms with Crippen molar-refractivity contribution in [3.05, 3.63) is 0 Å². The molecule has 0 amide bonds. The van der Waals surface area contributed by atoms with Gasteiger partial charge in [-0.3, -0.25) is 4.79 Å². The van der Waals surface area contributed by atoms with Crippen molar-refractivity contribution >= 4 is 5.97 Å². The molecule has 1 saturated carbocycles. The summed E-state index contributed by atoms with van der Waals surface area (Å²) in [4.78, 5) is 10.3. The second-order valence-corrected chi connectivity index (χ2v) is 3.44. The van der Waals surface area contributed by atoms with E-state index in [9.17, 15) is 18.0 Å². The van der Waals surface area contributed by atoms with Crippen molar-refractivity contribution in [2.45, 2.75) is 31.9 Å². The zero-order valence-electron chi connectivity index (χ0n) is 6.97. The van der Waals surface area contributed by atoms with Crippen molar-refractivity contribution in [2.24, 2.45) is 11.8 Å². The van der Waals surface area contributed by atoms with Gasteiger partial charge in [-0.25, -0.2) is 0 Å². The normalized spacial score (nSPS) is 29.2. The molecule has 2 atom stereocenters. The molecule has 1 aliphatic rings. The average molecular weight is 196 g/mol. The van der Waals surface area contributed by atoms with Crippen LogP contribution in [0.2, 0.25) is 0 Å². The van der Waals surface area contributed by atoms with Crippen molar-refractivity contribution < 1.29 is 23.1 Å². The third kappa shape index (κ3) is 2.60. The van der Waals surface area contributed by atoms with E-state index >= 15 is 0 Å². The van der Waals surface area contributed by atoms with Gasteiger partial charge in [-0.2, -0.15) is 13.2 Å². The van der Waals surface area contributed by atoms with E-state index in [1.54, 1.807) is 0 Å². The molecule has 0 aliphatic heterocycles. The Labute approximate surface area is 73.7 Å². The van der Waals surface area contributed by atoms with Crippen LogP contribution in [0.5, 0.6) is 0 Å². The first-order valence-corrected chi connectivity index (χ1v) is 4.19. The molecule has 0 aromatic heterocycles. The van der Waals surface area contributed by atoms with Crippen LogP contribution < -0.4 is 0 Å². The van der Waals surface area contributed by atoms with Crippen LogP contribution in [0.1, 0.15) is 25.7 Å². The Morgan fingerprint density at radius 2 is 2.00 bits per heavy atom. The van der Waals surface area contributed by atoms with Gasteiger partial charge >= 0.3 is 12.1 Å². The van der Waals surface area contributed by atoms with Crippen molar-refractivity contribution in [3.63, 3.8) is 0 Å². The molecule has 2 unspecified atom stereocenters. The number of hydrogen-bond donors (Lipinski definition) is 1. The maximum Gasteiger partial charge on any atom is 0.392 e.